The minimum Gasteiger partial charge on any atom is -0.315 e. The molecule has 0 saturated carbocycles. The first kappa shape index (κ1) is 13.9. The summed E-state index contributed by atoms with van der Waals surface area (Å²) in [7, 11) is 4.31. The lowest BCUT2D eigenvalue weighted by molar-refractivity contribution is 0.170. The Morgan fingerprint density at radius 2 is 1.88 bits per heavy atom. The van der Waals surface area contributed by atoms with E-state index < -0.39 is 0 Å². The molecule has 3 nitrogen and oxygen atoms in total. The summed E-state index contributed by atoms with van der Waals surface area (Å²) in [5.74, 6) is 0.860. The molecule has 1 fully saturated rings. The van der Waals surface area contributed by atoms with Gasteiger partial charge in [0, 0.05) is 12.6 Å². The highest BCUT2D eigenvalue weighted by Crippen LogP contribution is 2.19. The molecule has 96 valence electrons. The second-order valence-electron chi connectivity index (χ2n) is 5.18. The Bertz CT molecular complexity index is 182. The van der Waals surface area contributed by atoms with Crippen LogP contribution in [0.4, 0.5) is 0 Å². The van der Waals surface area contributed by atoms with Gasteiger partial charge in [-0.25, -0.2) is 0 Å². The van der Waals surface area contributed by atoms with Crippen LogP contribution in [0.3, 0.4) is 0 Å². The van der Waals surface area contributed by atoms with Crippen LogP contribution < -0.4 is 5.32 Å². The minimum atomic E-state index is 0.775. The van der Waals surface area contributed by atoms with Crippen molar-refractivity contribution in [2.75, 3.05) is 46.8 Å². The molecular formula is C13H29N3. The lowest BCUT2D eigenvalue weighted by Crippen LogP contribution is -2.41. The summed E-state index contributed by atoms with van der Waals surface area (Å²) < 4.78 is 0. The quantitative estimate of drug-likeness (QED) is 0.706. The van der Waals surface area contributed by atoms with Crippen LogP contribution in [-0.2, 0) is 0 Å². The topological polar surface area (TPSA) is 18.5 Å². The first-order chi connectivity index (χ1) is 7.69. The molecule has 0 aliphatic carbocycles. The van der Waals surface area contributed by atoms with Gasteiger partial charge in [0.25, 0.3) is 0 Å². The molecule has 0 aromatic carbocycles. The summed E-state index contributed by atoms with van der Waals surface area (Å²) in [5.41, 5.74) is 0. The van der Waals surface area contributed by atoms with Crippen molar-refractivity contribution in [1.82, 2.24) is 15.1 Å². The molecule has 16 heavy (non-hydrogen) atoms. The molecule has 1 heterocycles. The van der Waals surface area contributed by atoms with Gasteiger partial charge < -0.3 is 10.2 Å². The molecule has 1 saturated heterocycles. The lowest BCUT2D eigenvalue weighted by Gasteiger charge is -2.31. The number of hydrogen-bond donors (Lipinski definition) is 1. The maximum absolute atomic E-state index is 3.54. The summed E-state index contributed by atoms with van der Waals surface area (Å²) in [5, 5.41) is 3.54. The van der Waals surface area contributed by atoms with E-state index in [0.29, 0.717) is 0 Å². The summed E-state index contributed by atoms with van der Waals surface area (Å²) >= 11 is 0. The normalized spacial score (nSPS) is 25.9. The van der Waals surface area contributed by atoms with Crippen LogP contribution in [0.15, 0.2) is 0 Å². The predicted molar refractivity (Wildman–Crippen MR) is 70.9 cm³/mol. The summed E-state index contributed by atoms with van der Waals surface area (Å²) in [4.78, 5) is 4.94. The number of nitrogens with zero attached hydrogens (tertiary/aromatic N) is 2. The summed E-state index contributed by atoms with van der Waals surface area (Å²) in [6.07, 6.45) is 2.59. The molecule has 0 amide bonds. The summed E-state index contributed by atoms with van der Waals surface area (Å²) in [6.45, 7) is 10.7. The first-order valence-corrected chi connectivity index (χ1v) is 6.78. The van der Waals surface area contributed by atoms with Crippen LogP contribution in [0.5, 0.6) is 0 Å². The lowest BCUT2D eigenvalue weighted by atomic mass is 9.99. The largest absolute Gasteiger partial charge is 0.315 e. The third-order valence-corrected chi connectivity index (χ3v) is 3.75. The average Bonchev–Trinajstić information content (AvgIpc) is 2.72. The van der Waals surface area contributed by atoms with Gasteiger partial charge >= 0.3 is 0 Å². The van der Waals surface area contributed by atoms with Crippen LogP contribution in [0.2, 0.25) is 0 Å². The Morgan fingerprint density at radius 3 is 2.44 bits per heavy atom. The van der Waals surface area contributed by atoms with Gasteiger partial charge in [0.1, 0.15) is 0 Å². The molecule has 3 heteroatoms. The Morgan fingerprint density at radius 1 is 1.12 bits per heavy atom. The second kappa shape index (κ2) is 7.25. The fraction of sp³-hybridized carbons (Fsp3) is 1.00. The summed E-state index contributed by atoms with van der Waals surface area (Å²) in [6, 6.07) is 0.775. The van der Waals surface area contributed by atoms with E-state index in [4.69, 9.17) is 0 Å². The molecule has 0 bridgehead atoms. The van der Waals surface area contributed by atoms with Gasteiger partial charge in [-0.15, -0.1) is 0 Å². The maximum Gasteiger partial charge on any atom is 0.0260 e. The Balaban J connectivity index is 2.34. The van der Waals surface area contributed by atoms with Gasteiger partial charge in [0.15, 0.2) is 0 Å². The van der Waals surface area contributed by atoms with Gasteiger partial charge in [-0.2, -0.15) is 0 Å². The third kappa shape index (κ3) is 4.04. The van der Waals surface area contributed by atoms with Crippen molar-refractivity contribution in [3.8, 4) is 0 Å². The zero-order valence-electron chi connectivity index (χ0n) is 11.5. The second-order valence-corrected chi connectivity index (χ2v) is 5.18. The van der Waals surface area contributed by atoms with E-state index in [1.165, 1.54) is 45.6 Å². The number of hydrogen-bond acceptors (Lipinski definition) is 3. The molecule has 1 aliphatic rings. The molecule has 0 aromatic rings. The van der Waals surface area contributed by atoms with E-state index >= 15 is 0 Å². The molecule has 1 aliphatic heterocycles. The van der Waals surface area contributed by atoms with Gasteiger partial charge in [0.05, 0.1) is 0 Å². The average molecular weight is 227 g/mol. The van der Waals surface area contributed by atoms with Crippen LogP contribution >= 0.6 is 0 Å². The van der Waals surface area contributed by atoms with Crippen LogP contribution in [0, 0.1) is 5.92 Å². The van der Waals surface area contributed by atoms with E-state index in [1.54, 1.807) is 0 Å². The molecule has 2 atom stereocenters. The molecule has 1 N–H and O–H groups in total. The SMILES string of the molecule is CCC1CNCC1N(CC)CCCN(C)C. The molecule has 0 spiro atoms. The zero-order valence-corrected chi connectivity index (χ0v) is 11.5. The first-order valence-electron chi connectivity index (χ1n) is 6.78. The Kier molecular flexibility index (Phi) is 6.32. The van der Waals surface area contributed by atoms with Gasteiger partial charge in [-0.05, 0) is 52.6 Å². The highest BCUT2D eigenvalue weighted by molar-refractivity contribution is 4.87. The van der Waals surface area contributed by atoms with Crippen molar-refractivity contribution in [3.05, 3.63) is 0 Å². The number of nitrogens with one attached hydrogen (secondary N) is 1. The van der Waals surface area contributed by atoms with Crippen LogP contribution in [-0.4, -0.2) is 62.7 Å². The monoisotopic (exact) mass is 227 g/mol. The molecule has 2 unspecified atom stereocenters. The van der Waals surface area contributed by atoms with Crippen molar-refractivity contribution in [1.29, 1.82) is 0 Å². The van der Waals surface area contributed by atoms with E-state index in [0.717, 1.165) is 12.0 Å². The molecular weight excluding hydrogens is 198 g/mol. The maximum atomic E-state index is 3.54. The van der Waals surface area contributed by atoms with Gasteiger partial charge in [-0.1, -0.05) is 20.3 Å². The van der Waals surface area contributed by atoms with E-state index in [1.807, 2.05) is 0 Å². The van der Waals surface area contributed by atoms with E-state index in [9.17, 15) is 0 Å². The standard InChI is InChI=1S/C13H29N3/c1-5-12-10-14-11-13(12)16(6-2)9-7-8-15(3)4/h12-14H,5-11H2,1-4H3. The van der Waals surface area contributed by atoms with Gasteiger partial charge in [0.2, 0.25) is 0 Å². The van der Waals surface area contributed by atoms with Crippen LogP contribution in [0.25, 0.3) is 0 Å². The van der Waals surface area contributed by atoms with Crippen molar-refractivity contribution in [2.24, 2.45) is 5.92 Å². The molecule has 1 rings (SSSR count). The fourth-order valence-electron chi connectivity index (χ4n) is 2.71. The predicted octanol–water partition coefficient (Wildman–Crippen LogP) is 1.26. The van der Waals surface area contributed by atoms with Crippen molar-refractivity contribution >= 4 is 0 Å². The third-order valence-electron chi connectivity index (χ3n) is 3.75. The van der Waals surface area contributed by atoms with E-state index in [2.05, 4.69) is 43.1 Å². The zero-order chi connectivity index (χ0) is 12.0. The molecule has 0 radical (unpaired) electrons. The minimum absolute atomic E-state index is 0.775. The number of rotatable bonds is 7. The number of likely N-dealkylation sites (N-methyl/N-ethyl adjacent to an activating group) is 1. The Labute approximate surface area is 101 Å². The molecule has 0 aromatic heterocycles. The van der Waals surface area contributed by atoms with Crippen molar-refractivity contribution in [2.45, 2.75) is 32.7 Å². The van der Waals surface area contributed by atoms with E-state index in [-0.39, 0.29) is 0 Å². The fourth-order valence-corrected chi connectivity index (χ4v) is 2.71. The smallest absolute Gasteiger partial charge is 0.0260 e. The van der Waals surface area contributed by atoms with Crippen molar-refractivity contribution < 1.29 is 0 Å². The van der Waals surface area contributed by atoms with Crippen molar-refractivity contribution in [3.63, 3.8) is 0 Å². The van der Waals surface area contributed by atoms with Crippen LogP contribution in [0.1, 0.15) is 26.7 Å². The van der Waals surface area contributed by atoms with Gasteiger partial charge in [-0.3, -0.25) is 4.90 Å². The Hall–Kier alpha value is -0.120. The highest BCUT2D eigenvalue weighted by Gasteiger charge is 2.29. The highest BCUT2D eigenvalue weighted by atomic mass is 15.2.